The highest BCUT2D eigenvalue weighted by Crippen LogP contribution is 2.32. The number of hydrogen-bond acceptors (Lipinski definition) is 8. The second kappa shape index (κ2) is 9.54. The molecule has 0 saturated carbocycles. The second-order valence-corrected chi connectivity index (χ2v) is 9.35. The number of nitrogens with one attached hydrogen (secondary N) is 1. The van der Waals surface area contributed by atoms with Crippen LogP contribution in [0.2, 0.25) is 0 Å². The third kappa shape index (κ3) is 4.60. The standard InChI is InChI=1S/C21H19N5O2S3/c1-3-10-26-19(28)17-14(13-8-6-5-7-9-13)11-29-18(17)23-21(26)30-12-15(27)22-20-25-24-16(4-2)31-20/h3,5-9,11H,1,4,10,12H2,2H3,(H,22,25,27). The van der Waals surface area contributed by atoms with Gasteiger partial charge in [-0.2, -0.15) is 0 Å². The van der Waals surface area contributed by atoms with Crippen molar-refractivity contribution in [3.8, 4) is 11.1 Å². The normalized spacial score (nSPS) is 11.0. The lowest BCUT2D eigenvalue weighted by atomic mass is 10.1. The molecule has 10 heteroatoms. The van der Waals surface area contributed by atoms with Gasteiger partial charge in [0.25, 0.3) is 5.56 Å². The monoisotopic (exact) mass is 469 g/mol. The van der Waals surface area contributed by atoms with Gasteiger partial charge in [0.2, 0.25) is 11.0 Å². The van der Waals surface area contributed by atoms with E-state index in [2.05, 4.69) is 27.1 Å². The van der Waals surface area contributed by atoms with Gasteiger partial charge >= 0.3 is 0 Å². The highest BCUT2D eigenvalue weighted by molar-refractivity contribution is 7.99. The van der Waals surface area contributed by atoms with Crippen molar-refractivity contribution in [1.82, 2.24) is 19.7 Å². The summed E-state index contributed by atoms with van der Waals surface area (Å²) in [7, 11) is 0. The molecule has 0 fully saturated rings. The van der Waals surface area contributed by atoms with Crippen molar-refractivity contribution in [2.45, 2.75) is 25.0 Å². The van der Waals surface area contributed by atoms with Gasteiger partial charge in [-0.15, -0.1) is 28.1 Å². The molecule has 0 aliphatic heterocycles. The Kier molecular flexibility index (Phi) is 6.59. The summed E-state index contributed by atoms with van der Waals surface area (Å²) in [6, 6.07) is 9.78. The first kappa shape index (κ1) is 21.4. The van der Waals surface area contributed by atoms with E-state index in [9.17, 15) is 9.59 Å². The molecule has 7 nitrogen and oxygen atoms in total. The Morgan fingerprint density at radius 2 is 2.10 bits per heavy atom. The van der Waals surface area contributed by atoms with Crippen LogP contribution in [0.15, 0.2) is 58.3 Å². The van der Waals surface area contributed by atoms with E-state index < -0.39 is 0 Å². The molecule has 1 aromatic carbocycles. The molecule has 1 amide bonds. The number of nitrogens with zero attached hydrogens (tertiary/aromatic N) is 4. The van der Waals surface area contributed by atoms with Gasteiger partial charge in [-0.1, -0.05) is 66.4 Å². The number of benzene rings is 1. The lowest BCUT2D eigenvalue weighted by molar-refractivity contribution is -0.113. The summed E-state index contributed by atoms with van der Waals surface area (Å²) in [5, 5.41) is 15.1. The third-order valence-corrected chi connectivity index (χ3v) is 7.23. The Hall–Kier alpha value is -2.82. The fourth-order valence-electron chi connectivity index (χ4n) is 2.97. The highest BCUT2D eigenvalue weighted by Gasteiger charge is 2.18. The van der Waals surface area contributed by atoms with E-state index in [4.69, 9.17) is 0 Å². The summed E-state index contributed by atoms with van der Waals surface area (Å²) < 4.78 is 1.56. The number of thioether (sulfide) groups is 1. The van der Waals surface area contributed by atoms with E-state index in [0.29, 0.717) is 27.0 Å². The number of amides is 1. The Morgan fingerprint density at radius 1 is 1.29 bits per heavy atom. The maximum absolute atomic E-state index is 13.3. The molecule has 0 saturated heterocycles. The van der Waals surface area contributed by atoms with Crippen LogP contribution in [-0.4, -0.2) is 31.4 Å². The smallest absolute Gasteiger partial charge is 0.263 e. The number of carbonyl (C=O) groups is 1. The van der Waals surface area contributed by atoms with Crippen LogP contribution in [0.3, 0.4) is 0 Å². The molecule has 3 heterocycles. The van der Waals surface area contributed by atoms with E-state index in [-0.39, 0.29) is 17.2 Å². The number of hydrogen-bond donors (Lipinski definition) is 1. The van der Waals surface area contributed by atoms with Crippen molar-refractivity contribution in [3.05, 3.63) is 63.7 Å². The molecule has 0 spiro atoms. The lowest BCUT2D eigenvalue weighted by Crippen LogP contribution is -2.23. The number of aryl methyl sites for hydroxylation is 1. The van der Waals surface area contributed by atoms with E-state index in [0.717, 1.165) is 22.6 Å². The lowest BCUT2D eigenvalue weighted by Gasteiger charge is -2.10. The number of rotatable bonds is 8. The molecule has 0 atom stereocenters. The molecule has 4 rings (SSSR count). The average molecular weight is 470 g/mol. The molecule has 1 N–H and O–H groups in total. The van der Waals surface area contributed by atoms with Crippen molar-refractivity contribution in [2.24, 2.45) is 0 Å². The Bertz CT molecular complexity index is 1290. The molecule has 0 bridgehead atoms. The highest BCUT2D eigenvalue weighted by atomic mass is 32.2. The Labute approximate surface area is 190 Å². The molecule has 0 unspecified atom stereocenters. The molecule has 0 radical (unpaired) electrons. The molecule has 0 aliphatic rings. The van der Waals surface area contributed by atoms with Crippen LogP contribution < -0.4 is 10.9 Å². The molecule has 158 valence electrons. The summed E-state index contributed by atoms with van der Waals surface area (Å²) in [5.41, 5.74) is 1.71. The summed E-state index contributed by atoms with van der Waals surface area (Å²) in [4.78, 5) is 31.0. The van der Waals surface area contributed by atoms with Crippen molar-refractivity contribution in [3.63, 3.8) is 0 Å². The Morgan fingerprint density at radius 3 is 2.81 bits per heavy atom. The first-order valence-electron chi connectivity index (χ1n) is 9.54. The maximum atomic E-state index is 13.3. The largest absolute Gasteiger partial charge is 0.300 e. The second-order valence-electron chi connectivity index (χ2n) is 6.49. The van der Waals surface area contributed by atoms with Crippen LogP contribution in [0.25, 0.3) is 21.3 Å². The summed E-state index contributed by atoms with van der Waals surface area (Å²) in [6.45, 7) is 6.05. The third-order valence-electron chi connectivity index (χ3n) is 4.40. The summed E-state index contributed by atoms with van der Waals surface area (Å²) in [6.07, 6.45) is 2.42. The predicted molar refractivity (Wildman–Crippen MR) is 128 cm³/mol. The van der Waals surface area contributed by atoms with E-state index >= 15 is 0 Å². The zero-order valence-corrected chi connectivity index (χ0v) is 19.1. The molecular formula is C21H19N5O2S3. The first-order chi connectivity index (χ1) is 15.1. The molecule has 0 aliphatic carbocycles. The van der Waals surface area contributed by atoms with Gasteiger partial charge in [-0.3, -0.25) is 19.5 Å². The van der Waals surface area contributed by atoms with Crippen molar-refractivity contribution >= 4 is 55.7 Å². The molecule has 4 aromatic rings. The van der Waals surface area contributed by atoms with E-state index in [1.165, 1.54) is 34.4 Å². The van der Waals surface area contributed by atoms with E-state index in [1.807, 2.05) is 42.6 Å². The number of fused-ring (bicyclic) bond motifs is 1. The number of thiophene rings is 1. The quantitative estimate of drug-likeness (QED) is 0.233. The molecular weight excluding hydrogens is 450 g/mol. The summed E-state index contributed by atoms with van der Waals surface area (Å²) in [5.74, 6) is -0.119. The maximum Gasteiger partial charge on any atom is 0.263 e. The van der Waals surface area contributed by atoms with Crippen molar-refractivity contribution < 1.29 is 4.79 Å². The minimum Gasteiger partial charge on any atom is -0.300 e. The molecule has 31 heavy (non-hydrogen) atoms. The number of aromatic nitrogens is 4. The van der Waals surface area contributed by atoms with Gasteiger partial charge in [0.05, 0.1) is 11.1 Å². The Balaban J connectivity index is 1.61. The van der Waals surface area contributed by atoms with Crippen LogP contribution in [0.4, 0.5) is 5.13 Å². The van der Waals surface area contributed by atoms with Crippen LogP contribution in [-0.2, 0) is 17.8 Å². The van der Waals surface area contributed by atoms with Crippen LogP contribution in [0.5, 0.6) is 0 Å². The number of carbonyl (C=O) groups excluding carboxylic acids is 1. The number of anilines is 1. The van der Waals surface area contributed by atoms with Crippen LogP contribution in [0, 0.1) is 0 Å². The predicted octanol–water partition coefficient (Wildman–Crippen LogP) is 4.46. The van der Waals surface area contributed by atoms with Gasteiger partial charge in [0, 0.05) is 17.5 Å². The SMILES string of the molecule is C=CCn1c(SCC(=O)Nc2nnc(CC)s2)nc2scc(-c3ccccc3)c2c1=O. The average Bonchev–Trinajstić information content (AvgIpc) is 3.42. The fraction of sp³-hybridized carbons (Fsp3) is 0.190. The van der Waals surface area contributed by atoms with Crippen LogP contribution in [0.1, 0.15) is 11.9 Å². The van der Waals surface area contributed by atoms with Crippen LogP contribution >= 0.6 is 34.4 Å². The van der Waals surface area contributed by atoms with Gasteiger partial charge in [-0.25, -0.2) is 4.98 Å². The minimum absolute atomic E-state index is 0.104. The zero-order chi connectivity index (χ0) is 21.8. The van der Waals surface area contributed by atoms with E-state index in [1.54, 1.807) is 10.6 Å². The first-order valence-corrected chi connectivity index (χ1v) is 12.2. The molecule has 3 aromatic heterocycles. The topological polar surface area (TPSA) is 89.8 Å². The van der Waals surface area contributed by atoms with Gasteiger partial charge in [-0.05, 0) is 12.0 Å². The van der Waals surface area contributed by atoms with Gasteiger partial charge in [0.15, 0.2) is 5.16 Å². The minimum atomic E-state index is -0.223. The van der Waals surface area contributed by atoms with Crippen molar-refractivity contribution in [1.29, 1.82) is 0 Å². The zero-order valence-electron chi connectivity index (χ0n) is 16.7. The van der Waals surface area contributed by atoms with Gasteiger partial charge < -0.3 is 0 Å². The van der Waals surface area contributed by atoms with Gasteiger partial charge in [0.1, 0.15) is 9.84 Å². The summed E-state index contributed by atoms with van der Waals surface area (Å²) >= 11 is 3.99. The fourth-order valence-corrected chi connectivity index (χ4v) is 5.46. The number of allylic oxidation sites excluding steroid dienone is 1. The van der Waals surface area contributed by atoms with Crippen molar-refractivity contribution in [2.75, 3.05) is 11.1 Å².